The molecule has 1 aliphatic rings. The zero-order valence-corrected chi connectivity index (χ0v) is 13.6. The average Bonchev–Trinajstić information content (AvgIpc) is 2.66. The van der Waals surface area contributed by atoms with E-state index in [1.165, 1.54) is 17.8 Å². The summed E-state index contributed by atoms with van der Waals surface area (Å²) < 4.78 is 0. The molecule has 1 aliphatic heterocycles. The molecule has 1 fully saturated rings. The number of nitrogens with one attached hydrogen (secondary N) is 1. The lowest BCUT2D eigenvalue weighted by atomic mass is 9.85. The fourth-order valence-corrected chi connectivity index (χ4v) is 3.77. The maximum atomic E-state index is 12.1. The van der Waals surface area contributed by atoms with Crippen molar-refractivity contribution in [1.29, 1.82) is 5.26 Å². The van der Waals surface area contributed by atoms with E-state index in [4.69, 9.17) is 5.73 Å². The van der Waals surface area contributed by atoms with E-state index >= 15 is 0 Å². The van der Waals surface area contributed by atoms with Gasteiger partial charge in [-0.2, -0.15) is 5.26 Å². The summed E-state index contributed by atoms with van der Waals surface area (Å²) in [6.45, 7) is 6.35. The Balaban J connectivity index is 2.39. The van der Waals surface area contributed by atoms with Gasteiger partial charge < -0.3 is 16.0 Å². The highest BCUT2D eigenvalue weighted by Gasteiger charge is 2.29. The molecule has 114 valence electrons. The van der Waals surface area contributed by atoms with Crippen LogP contribution in [0.5, 0.6) is 0 Å². The van der Waals surface area contributed by atoms with Crippen LogP contribution in [0, 0.1) is 16.7 Å². The van der Waals surface area contributed by atoms with Crippen LogP contribution in [0.2, 0.25) is 0 Å². The third-order valence-corrected chi connectivity index (χ3v) is 5.28. The van der Waals surface area contributed by atoms with Crippen molar-refractivity contribution in [2.24, 2.45) is 5.41 Å². The topological polar surface area (TPSA) is 82.2 Å². The Morgan fingerprint density at radius 3 is 2.76 bits per heavy atom. The first-order valence-electron chi connectivity index (χ1n) is 7.19. The van der Waals surface area contributed by atoms with E-state index in [1.54, 1.807) is 7.05 Å². The van der Waals surface area contributed by atoms with Crippen molar-refractivity contribution in [3.63, 3.8) is 0 Å². The molecule has 6 heteroatoms. The molecule has 21 heavy (non-hydrogen) atoms. The van der Waals surface area contributed by atoms with E-state index in [0.717, 1.165) is 30.9 Å². The van der Waals surface area contributed by atoms with E-state index in [-0.39, 0.29) is 5.91 Å². The number of amides is 1. The molecular formula is C15H22N4OS. The smallest absolute Gasteiger partial charge is 0.256 e. The van der Waals surface area contributed by atoms with E-state index in [9.17, 15) is 10.1 Å². The lowest BCUT2D eigenvalue weighted by Crippen LogP contribution is -2.28. The number of carbonyl (C=O) groups excluding carboxylic acids is 1. The van der Waals surface area contributed by atoms with Crippen LogP contribution in [0.25, 0.3) is 0 Å². The van der Waals surface area contributed by atoms with Gasteiger partial charge in [0.15, 0.2) is 0 Å². The first kappa shape index (κ1) is 15.6. The van der Waals surface area contributed by atoms with Crippen LogP contribution in [0.15, 0.2) is 0 Å². The molecule has 0 spiro atoms. The third-order valence-electron chi connectivity index (χ3n) is 4.11. The molecule has 3 N–H and O–H groups in total. The molecule has 0 unspecified atom stereocenters. The molecule has 0 atom stereocenters. The van der Waals surface area contributed by atoms with Crippen LogP contribution in [0.4, 0.5) is 10.7 Å². The van der Waals surface area contributed by atoms with E-state index < -0.39 is 0 Å². The molecule has 0 aliphatic carbocycles. The minimum Gasteiger partial charge on any atom is -0.396 e. The maximum absolute atomic E-state index is 12.1. The Hall–Kier alpha value is -1.74. The van der Waals surface area contributed by atoms with E-state index in [1.807, 2.05) is 0 Å². The number of nitrogens with zero attached hydrogens (tertiary/aromatic N) is 2. The van der Waals surface area contributed by atoms with Crippen LogP contribution in [0.3, 0.4) is 0 Å². The van der Waals surface area contributed by atoms with Gasteiger partial charge in [0.25, 0.3) is 5.91 Å². The van der Waals surface area contributed by atoms with Gasteiger partial charge in [0.2, 0.25) is 0 Å². The molecule has 0 saturated carbocycles. The maximum Gasteiger partial charge on any atom is 0.256 e. The molecule has 5 nitrogen and oxygen atoms in total. The Labute approximate surface area is 129 Å². The van der Waals surface area contributed by atoms with Crippen molar-refractivity contribution in [3.05, 3.63) is 10.4 Å². The summed E-state index contributed by atoms with van der Waals surface area (Å²) in [7, 11) is 1.58. The van der Waals surface area contributed by atoms with Gasteiger partial charge in [0.1, 0.15) is 15.9 Å². The van der Waals surface area contributed by atoms with Crippen molar-refractivity contribution in [3.8, 4) is 6.07 Å². The fourth-order valence-electron chi connectivity index (χ4n) is 2.71. The monoisotopic (exact) mass is 306 g/mol. The zero-order valence-electron chi connectivity index (χ0n) is 12.8. The van der Waals surface area contributed by atoms with Gasteiger partial charge in [-0.15, -0.1) is 11.3 Å². The van der Waals surface area contributed by atoms with Crippen molar-refractivity contribution in [2.75, 3.05) is 30.8 Å². The normalized spacial score (nSPS) is 17.9. The number of hydrogen-bond acceptors (Lipinski definition) is 5. The third kappa shape index (κ3) is 3.13. The molecular weight excluding hydrogens is 284 g/mol. The quantitative estimate of drug-likeness (QED) is 0.880. The summed E-state index contributed by atoms with van der Waals surface area (Å²) in [5.41, 5.74) is 7.08. The van der Waals surface area contributed by atoms with Crippen molar-refractivity contribution in [2.45, 2.75) is 33.1 Å². The number of nitrogens with two attached hydrogens (primary N) is 1. The lowest BCUT2D eigenvalue weighted by molar-refractivity contribution is 0.0965. The van der Waals surface area contributed by atoms with Crippen molar-refractivity contribution >= 4 is 27.9 Å². The predicted molar refractivity (Wildman–Crippen MR) is 86.7 cm³/mol. The number of carbonyl (C=O) groups is 1. The highest BCUT2D eigenvalue weighted by molar-refractivity contribution is 7.17. The second-order valence-corrected chi connectivity index (χ2v) is 7.22. The second kappa shape index (κ2) is 5.94. The standard InChI is InChI=1S/C15H22N4OS/c1-15(2)5-4-7-19(8-6-15)14-11(13(20)18-3)12(17)10(9-16)21-14/h4-8,17H2,1-3H3,(H,18,20). The molecule has 1 saturated heterocycles. The molecule has 2 rings (SSSR count). The van der Waals surface area contributed by atoms with Crippen LogP contribution < -0.4 is 16.0 Å². The predicted octanol–water partition coefficient (Wildman–Crippen LogP) is 2.58. The van der Waals surface area contributed by atoms with Crippen LogP contribution in [0.1, 0.15) is 48.3 Å². The SMILES string of the molecule is CNC(=O)c1c(N2CCCC(C)(C)CC2)sc(C#N)c1N. The lowest BCUT2D eigenvalue weighted by Gasteiger charge is -2.24. The Morgan fingerprint density at radius 1 is 1.43 bits per heavy atom. The molecule has 0 aromatic carbocycles. The number of thiophene rings is 1. The molecule has 0 bridgehead atoms. The Kier molecular flexibility index (Phi) is 4.43. The van der Waals surface area contributed by atoms with Gasteiger partial charge in [0, 0.05) is 20.1 Å². The second-order valence-electron chi connectivity index (χ2n) is 6.22. The van der Waals surface area contributed by atoms with Gasteiger partial charge in [-0.3, -0.25) is 4.79 Å². The van der Waals surface area contributed by atoms with Gasteiger partial charge >= 0.3 is 0 Å². The number of nitriles is 1. The van der Waals surface area contributed by atoms with Gasteiger partial charge in [0.05, 0.1) is 11.3 Å². The molecule has 2 heterocycles. The van der Waals surface area contributed by atoms with Gasteiger partial charge in [-0.05, 0) is 24.7 Å². The average molecular weight is 306 g/mol. The number of rotatable bonds is 2. The number of anilines is 2. The van der Waals surface area contributed by atoms with Crippen molar-refractivity contribution in [1.82, 2.24) is 5.32 Å². The highest BCUT2D eigenvalue weighted by Crippen LogP contribution is 2.40. The molecule has 1 aromatic rings. The minimum atomic E-state index is -0.219. The first-order valence-corrected chi connectivity index (χ1v) is 8.00. The Morgan fingerprint density at radius 2 is 2.14 bits per heavy atom. The van der Waals surface area contributed by atoms with E-state index in [0.29, 0.717) is 21.5 Å². The number of hydrogen-bond donors (Lipinski definition) is 2. The largest absolute Gasteiger partial charge is 0.396 e. The summed E-state index contributed by atoms with van der Waals surface area (Å²) in [6.07, 6.45) is 3.32. The molecule has 1 aromatic heterocycles. The molecule has 0 radical (unpaired) electrons. The summed E-state index contributed by atoms with van der Waals surface area (Å²) in [6, 6.07) is 2.09. The first-order chi connectivity index (χ1) is 9.89. The summed E-state index contributed by atoms with van der Waals surface area (Å²) in [4.78, 5) is 14.8. The minimum absolute atomic E-state index is 0.219. The summed E-state index contributed by atoms with van der Waals surface area (Å²) in [5, 5.41) is 12.6. The fraction of sp³-hybridized carbons (Fsp3) is 0.600. The molecule has 1 amide bonds. The van der Waals surface area contributed by atoms with Crippen LogP contribution in [-0.2, 0) is 0 Å². The van der Waals surface area contributed by atoms with Crippen LogP contribution >= 0.6 is 11.3 Å². The zero-order chi connectivity index (χ0) is 15.6. The number of nitrogen functional groups attached to an aromatic ring is 1. The van der Waals surface area contributed by atoms with Gasteiger partial charge in [-0.1, -0.05) is 13.8 Å². The summed E-state index contributed by atoms with van der Waals surface area (Å²) >= 11 is 1.32. The van der Waals surface area contributed by atoms with Crippen LogP contribution in [-0.4, -0.2) is 26.0 Å². The summed E-state index contributed by atoms with van der Waals surface area (Å²) in [5.74, 6) is -0.219. The van der Waals surface area contributed by atoms with Crippen molar-refractivity contribution < 1.29 is 4.79 Å². The Bertz CT molecular complexity index is 585. The van der Waals surface area contributed by atoms with E-state index in [2.05, 4.69) is 30.1 Å². The van der Waals surface area contributed by atoms with Gasteiger partial charge in [-0.25, -0.2) is 0 Å². The highest BCUT2D eigenvalue weighted by atomic mass is 32.1.